The van der Waals surface area contributed by atoms with E-state index in [0.717, 1.165) is 19.3 Å². The van der Waals surface area contributed by atoms with E-state index in [9.17, 15) is 18.0 Å². The number of ether oxygens (including phenoxy) is 1. The van der Waals surface area contributed by atoms with Crippen LogP contribution in [0.1, 0.15) is 26.2 Å². The summed E-state index contributed by atoms with van der Waals surface area (Å²) in [5, 5.41) is 4.87. The van der Waals surface area contributed by atoms with E-state index < -0.39 is 24.7 Å². The molecule has 0 saturated heterocycles. The van der Waals surface area contributed by atoms with E-state index in [1.807, 2.05) is 5.32 Å². The van der Waals surface area contributed by atoms with Gasteiger partial charge in [0.05, 0.1) is 6.04 Å². The Morgan fingerprint density at radius 1 is 1.42 bits per heavy atom. The number of halogens is 3. The molecule has 1 aliphatic rings. The zero-order valence-electron chi connectivity index (χ0n) is 11.3. The van der Waals surface area contributed by atoms with Crippen molar-refractivity contribution in [3.63, 3.8) is 0 Å². The second kappa shape index (κ2) is 6.56. The van der Waals surface area contributed by atoms with Gasteiger partial charge in [-0.2, -0.15) is 13.2 Å². The number of amides is 1. The Morgan fingerprint density at radius 2 is 2.05 bits per heavy atom. The standard InChI is InChI=1S/C12H21F3N2O2/c1-9(10(18)17-8-12(13,14)15)16-7-11(3-4-11)5-6-19-2/h9,16H,3-8H2,1-2H3,(H,17,18). The molecular weight excluding hydrogens is 261 g/mol. The smallest absolute Gasteiger partial charge is 0.385 e. The Bertz CT molecular complexity index is 304. The van der Waals surface area contributed by atoms with E-state index in [0.29, 0.717) is 13.2 Å². The van der Waals surface area contributed by atoms with Crippen molar-refractivity contribution in [1.82, 2.24) is 10.6 Å². The normalized spacial score (nSPS) is 19.0. The topological polar surface area (TPSA) is 50.4 Å². The number of nitrogens with one attached hydrogen (secondary N) is 2. The summed E-state index contributed by atoms with van der Waals surface area (Å²) in [6.07, 6.45) is -1.32. The van der Waals surface area contributed by atoms with E-state index in [-0.39, 0.29) is 5.41 Å². The van der Waals surface area contributed by atoms with Gasteiger partial charge in [0.15, 0.2) is 0 Å². The van der Waals surface area contributed by atoms with Gasteiger partial charge < -0.3 is 15.4 Å². The van der Waals surface area contributed by atoms with Crippen LogP contribution in [0.5, 0.6) is 0 Å². The van der Waals surface area contributed by atoms with Crippen LogP contribution in [0.15, 0.2) is 0 Å². The molecule has 0 radical (unpaired) electrons. The third-order valence-corrected chi connectivity index (χ3v) is 3.43. The molecule has 0 spiro atoms. The largest absolute Gasteiger partial charge is 0.405 e. The summed E-state index contributed by atoms with van der Waals surface area (Å²) < 4.78 is 40.9. The summed E-state index contributed by atoms with van der Waals surface area (Å²) >= 11 is 0. The molecule has 1 atom stereocenters. The highest BCUT2D eigenvalue weighted by molar-refractivity contribution is 5.81. The van der Waals surface area contributed by atoms with Gasteiger partial charge in [-0.15, -0.1) is 0 Å². The summed E-state index contributed by atoms with van der Waals surface area (Å²) in [4.78, 5) is 11.4. The molecule has 0 bridgehead atoms. The van der Waals surface area contributed by atoms with Crippen molar-refractivity contribution in [3.8, 4) is 0 Å². The van der Waals surface area contributed by atoms with Crippen LogP contribution in [0.2, 0.25) is 0 Å². The molecule has 0 aliphatic heterocycles. The number of hydrogen-bond donors (Lipinski definition) is 2. The van der Waals surface area contributed by atoms with Gasteiger partial charge in [0.2, 0.25) is 5.91 Å². The quantitative estimate of drug-likeness (QED) is 0.708. The Morgan fingerprint density at radius 3 is 2.53 bits per heavy atom. The van der Waals surface area contributed by atoms with Crippen LogP contribution in [-0.4, -0.2) is 44.9 Å². The Labute approximate surface area is 111 Å². The fraction of sp³-hybridized carbons (Fsp3) is 0.917. The molecule has 1 saturated carbocycles. The number of alkyl halides is 3. The fourth-order valence-corrected chi connectivity index (χ4v) is 1.81. The molecule has 19 heavy (non-hydrogen) atoms. The zero-order chi connectivity index (χ0) is 14.5. The predicted molar refractivity (Wildman–Crippen MR) is 64.7 cm³/mol. The number of carbonyl (C=O) groups excluding carboxylic acids is 1. The molecule has 1 amide bonds. The first kappa shape index (κ1) is 16.2. The molecule has 0 aromatic rings. The summed E-state index contributed by atoms with van der Waals surface area (Å²) in [5.41, 5.74) is 0.161. The third kappa shape index (κ3) is 6.24. The minimum atomic E-state index is -4.37. The van der Waals surface area contributed by atoms with Crippen molar-refractivity contribution in [2.24, 2.45) is 5.41 Å². The minimum absolute atomic E-state index is 0.161. The van der Waals surface area contributed by atoms with E-state index in [1.165, 1.54) is 0 Å². The first-order valence-corrected chi connectivity index (χ1v) is 6.35. The lowest BCUT2D eigenvalue weighted by molar-refractivity contribution is -0.139. The monoisotopic (exact) mass is 282 g/mol. The van der Waals surface area contributed by atoms with Crippen LogP contribution < -0.4 is 10.6 Å². The van der Waals surface area contributed by atoms with Crippen LogP contribution in [-0.2, 0) is 9.53 Å². The first-order valence-electron chi connectivity index (χ1n) is 6.35. The van der Waals surface area contributed by atoms with Crippen molar-refractivity contribution >= 4 is 5.91 Å². The molecule has 1 fully saturated rings. The summed E-state index contributed by atoms with van der Waals surface area (Å²) in [6.45, 7) is 1.58. The van der Waals surface area contributed by atoms with Crippen LogP contribution in [0.4, 0.5) is 13.2 Å². The Hall–Kier alpha value is -0.820. The van der Waals surface area contributed by atoms with Crippen LogP contribution in [0.25, 0.3) is 0 Å². The van der Waals surface area contributed by atoms with E-state index >= 15 is 0 Å². The van der Waals surface area contributed by atoms with E-state index in [4.69, 9.17) is 4.74 Å². The van der Waals surface area contributed by atoms with E-state index in [2.05, 4.69) is 5.32 Å². The number of hydrogen-bond acceptors (Lipinski definition) is 3. The molecule has 112 valence electrons. The fourth-order valence-electron chi connectivity index (χ4n) is 1.81. The van der Waals surface area contributed by atoms with Gasteiger partial charge in [-0.05, 0) is 31.6 Å². The maximum absolute atomic E-state index is 12.0. The lowest BCUT2D eigenvalue weighted by Gasteiger charge is -2.20. The number of rotatable bonds is 8. The molecule has 2 N–H and O–H groups in total. The minimum Gasteiger partial charge on any atom is -0.385 e. The number of methoxy groups -OCH3 is 1. The highest BCUT2D eigenvalue weighted by atomic mass is 19.4. The number of carbonyl (C=O) groups is 1. The molecule has 0 aromatic carbocycles. The molecule has 1 aliphatic carbocycles. The zero-order valence-corrected chi connectivity index (χ0v) is 11.3. The van der Waals surface area contributed by atoms with E-state index in [1.54, 1.807) is 14.0 Å². The highest BCUT2D eigenvalue weighted by Crippen LogP contribution is 2.48. The maximum atomic E-state index is 12.0. The van der Waals surface area contributed by atoms with Gasteiger partial charge in [-0.3, -0.25) is 4.79 Å². The molecule has 4 nitrogen and oxygen atoms in total. The van der Waals surface area contributed by atoms with Gasteiger partial charge in [0.1, 0.15) is 6.54 Å². The molecule has 1 unspecified atom stereocenters. The van der Waals surface area contributed by atoms with Crippen LogP contribution in [0.3, 0.4) is 0 Å². The Kier molecular flexibility index (Phi) is 5.61. The van der Waals surface area contributed by atoms with Crippen molar-refractivity contribution in [3.05, 3.63) is 0 Å². The van der Waals surface area contributed by atoms with Gasteiger partial charge >= 0.3 is 6.18 Å². The van der Waals surface area contributed by atoms with Crippen LogP contribution >= 0.6 is 0 Å². The maximum Gasteiger partial charge on any atom is 0.405 e. The van der Waals surface area contributed by atoms with Gasteiger partial charge in [0.25, 0.3) is 0 Å². The summed E-state index contributed by atoms with van der Waals surface area (Å²) in [7, 11) is 1.64. The Balaban J connectivity index is 2.23. The average molecular weight is 282 g/mol. The summed E-state index contributed by atoms with van der Waals surface area (Å²) in [5.74, 6) is -0.625. The van der Waals surface area contributed by atoms with Gasteiger partial charge in [-0.1, -0.05) is 0 Å². The van der Waals surface area contributed by atoms with Gasteiger partial charge in [-0.25, -0.2) is 0 Å². The third-order valence-electron chi connectivity index (χ3n) is 3.43. The van der Waals surface area contributed by atoms with Crippen molar-refractivity contribution in [1.29, 1.82) is 0 Å². The second-order valence-electron chi connectivity index (χ2n) is 5.18. The SMILES string of the molecule is COCCC1(CNC(C)C(=O)NCC(F)(F)F)CC1. The lowest BCUT2D eigenvalue weighted by atomic mass is 10.0. The van der Waals surface area contributed by atoms with Crippen molar-refractivity contribution in [2.45, 2.75) is 38.4 Å². The molecule has 0 heterocycles. The van der Waals surface area contributed by atoms with Crippen molar-refractivity contribution < 1.29 is 22.7 Å². The second-order valence-corrected chi connectivity index (χ2v) is 5.18. The van der Waals surface area contributed by atoms with Gasteiger partial charge in [0, 0.05) is 20.3 Å². The first-order chi connectivity index (χ1) is 8.78. The highest BCUT2D eigenvalue weighted by Gasteiger charge is 2.42. The predicted octanol–water partition coefficient (Wildman–Crippen LogP) is 1.46. The lowest BCUT2D eigenvalue weighted by Crippen LogP contribution is -2.46. The van der Waals surface area contributed by atoms with Crippen molar-refractivity contribution in [2.75, 3.05) is 26.8 Å². The molecule has 0 aromatic heterocycles. The molecule has 7 heteroatoms. The molecule has 1 rings (SSSR count). The van der Waals surface area contributed by atoms with Crippen LogP contribution in [0, 0.1) is 5.41 Å². The molecular formula is C12H21F3N2O2. The average Bonchev–Trinajstić information content (AvgIpc) is 3.10. The summed E-state index contributed by atoms with van der Waals surface area (Å²) in [6, 6.07) is -0.623.